The van der Waals surface area contributed by atoms with Crippen LogP contribution in [0, 0.1) is 11.3 Å². The summed E-state index contributed by atoms with van der Waals surface area (Å²) in [5.74, 6) is 0.951. The van der Waals surface area contributed by atoms with Crippen molar-refractivity contribution in [3.05, 3.63) is 0 Å². The Morgan fingerprint density at radius 2 is 1.72 bits per heavy atom. The van der Waals surface area contributed by atoms with Crippen molar-refractivity contribution in [3.63, 3.8) is 0 Å². The van der Waals surface area contributed by atoms with Crippen molar-refractivity contribution in [1.29, 1.82) is 0 Å². The van der Waals surface area contributed by atoms with Gasteiger partial charge in [-0.15, -0.1) is 0 Å². The Morgan fingerprint density at radius 1 is 0.960 bits per heavy atom. The molecule has 1 saturated carbocycles. The third-order valence-corrected chi connectivity index (χ3v) is 7.90. The molecule has 1 aliphatic carbocycles. The van der Waals surface area contributed by atoms with E-state index in [-0.39, 0.29) is 0 Å². The molecule has 4 heteroatoms. The van der Waals surface area contributed by atoms with E-state index in [9.17, 15) is 0 Å². The lowest BCUT2D eigenvalue weighted by Gasteiger charge is -2.59. The van der Waals surface area contributed by atoms with Crippen molar-refractivity contribution in [2.45, 2.75) is 64.0 Å². The summed E-state index contributed by atoms with van der Waals surface area (Å²) in [6.45, 7) is 12.3. The topological polar surface area (TPSA) is 19.0 Å². The Bertz CT molecular complexity index is 427. The van der Waals surface area contributed by atoms with Crippen LogP contribution in [-0.4, -0.2) is 86.3 Å². The van der Waals surface area contributed by atoms with Crippen molar-refractivity contribution in [2.24, 2.45) is 11.3 Å². The molecule has 4 nitrogen and oxygen atoms in total. The Labute approximate surface area is 154 Å². The van der Waals surface area contributed by atoms with Gasteiger partial charge in [0.15, 0.2) is 0 Å². The molecule has 4 rings (SSSR count). The van der Waals surface area contributed by atoms with Crippen LogP contribution in [0.3, 0.4) is 0 Å². The fraction of sp³-hybridized carbons (Fsp3) is 1.00. The molecule has 25 heavy (non-hydrogen) atoms. The second-order valence-corrected chi connectivity index (χ2v) is 9.36. The van der Waals surface area contributed by atoms with E-state index in [1.807, 2.05) is 0 Å². The minimum absolute atomic E-state index is 0.482. The van der Waals surface area contributed by atoms with Gasteiger partial charge in [0.05, 0.1) is 12.7 Å². The third-order valence-electron chi connectivity index (χ3n) is 7.90. The summed E-state index contributed by atoms with van der Waals surface area (Å²) in [4.78, 5) is 8.09. The average molecular weight is 350 g/mol. The van der Waals surface area contributed by atoms with Gasteiger partial charge in [0.2, 0.25) is 0 Å². The van der Waals surface area contributed by atoms with Gasteiger partial charge in [0, 0.05) is 25.7 Å². The van der Waals surface area contributed by atoms with Crippen LogP contribution in [0.2, 0.25) is 0 Å². The van der Waals surface area contributed by atoms with E-state index < -0.39 is 0 Å². The van der Waals surface area contributed by atoms with Gasteiger partial charge in [-0.1, -0.05) is 6.92 Å². The molecular weight excluding hydrogens is 310 g/mol. The predicted octanol–water partition coefficient (Wildman–Crippen LogP) is 2.68. The number of likely N-dealkylation sites (tertiary alicyclic amines) is 2. The van der Waals surface area contributed by atoms with Gasteiger partial charge in [-0.3, -0.25) is 4.90 Å². The highest BCUT2D eigenvalue weighted by Gasteiger charge is 2.51. The number of hydrogen-bond acceptors (Lipinski definition) is 4. The lowest BCUT2D eigenvalue weighted by Crippen LogP contribution is -2.62. The number of morpholine rings is 1. The molecule has 0 bridgehead atoms. The lowest BCUT2D eigenvalue weighted by atomic mass is 9.58. The molecule has 0 aromatic heterocycles. The van der Waals surface area contributed by atoms with Crippen molar-refractivity contribution in [2.75, 3.05) is 59.5 Å². The van der Waals surface area contributed by atoms with Crippen molar-refractivity contribution < 1.29 is 4.74 Å². The summed E-state index contributed by atoms with van der Waals surface area (Å²) < 4.78 is 5.91. The summed E-state index contributed by atoms with van der Waals surface area (Å²) in [6.07, 6.45) is 10.3. The molecule has 3 heterocycles. The molecule has 1 unspecified atom stereocenters. The molecule has 144 valence electrons. The number of ether oxygens (including phenoxy) is 1. The summed E-state index contributed by atoms with van der Waals surface area (Å²) >= 11 is 0. The van der Waals surface area contributed by atoms with E-state index in [2.05, 4.69) is 28.7 Å². The molecule has 4 aliphatic rings. The monoisotopic (exact) mass is 349 g/mol. The maximum absolute atomic E-state index is 5.91. The van der Waals surface area contributed by atoms with Gasteiger partial charge < -0.3 is 14.5 Å². The predicted molar refractivity (Wildman–Crippen MR) is 103 cm³/mol. The van der Waals surface area contributed by atoms with Crippen LogP contribution in [0.15, 0.2) is 0 Å². The van der Waals surface area contributed by atoms with E-state index in [0.29, 0.717) is 11.5 Å². The van der Waals surface area contributed by atoms with E-state index >= 15 is 0 Å². The summed E-state index contributed by atoms with van der Waals surface area (Å²) in [5.41, 5.74) is 0.652. The first-order chi connectivity index (χ1) is 12.2. The highest BCUT2D eigenvalue weighted by atomic mass is 16.5. The first kappa shape index (κ1) is 18.2. The molecule has 0 aromatic rings. The van der Waals surface area contributed by atoms with Crippen LogP contribution in [-0.2, 0) is 4.74 Å². The second kappa shape index (κ2) is 7.84. The maximum Gasteiger partial charge on any atom is 0.0700 e. The largest absolute Gasteiger partial charge is 0.376 e. The van der Waals surface area contributed by atoms with Crippen LogP contribution in [0.4, 0.5) is 0 Å². The van der Waals surface area contributed by atoms with Gasteiger partial charge in [-0.25, -0.2) is 0 Å². The van der Waals surface area contributed by atoms with Crippen LogP contribution >= 0.6 is 0 Å². The van der Waals surface area contributed by atoms with E-state index in [0.717, 1.165) is 18.6 Å². The van der Waals surface area contributed by atoms with E-state index in [4.69, 9.17) is 4.74 Å². The molecule has 0 N–H and O–H groups in total. The van der Waals surface area contributed by atoms with Crippen molar-refractivity contribution in [3.8, 4) is 0 Å². The van der Waals surface area contributed by atoms with E-state index in [1.165, 1.54) is 90.8 Å². The van der Waals surface area contributed by atoms with Gasteiger partial charge in [0.25, 0.3) is 0 Å². The fourth-order valence-electron chi connectivity index (χ4n) is 5.90. The molecule has 3 saturated heterocycles. The number of hydrogen-bond donors (Lipinski definition) is 0. The van der Waals surface area contributed by atoms with Crippen molar-refractivity contribution >= 4 is 0 Å². The minimum atomic E-state index is 0.482. The highest BCUT2D eigenvalue weighted by molar-refractivity contribution is 5.04. The molecule has 4 fully saturated rings. The first-order valence-corrected chi connectivity index (χ1v) is 10.9. The van der Waals surface area contributed by atoms with Gasteiger partial charge in [0.1, 0.15) is 0 Å². The van der Waals surface area contributed by atoms with E-state index in [1.54, 1.807) is 0 Å². The molecule has 0 amide bonds. The zero-order valence-corrected chi connectivity index (χ0v) is 16.6. The number of piperidine rings is 2. The summed E-state index contributed by atoms with van der Waals surface area (Å²) in [6, 6.07) is 0.857. The Morgan fingerprint density at radius 3 is 2.36 bits per heavy atom. The molecular formula is C21H39N3O. The standard InChI is InChI=1S/C21H39N3O/c1-3-19-17-24(14-15-25-19)20-4-7-21(20)8-12-23(13-9-21)16-18-5-10-22(2)11-6-18/h18-20H,3-17H2,1-2H3/t19-,20?/m1/s1. The fourth-order valence-corrected chi connectivity index (χ4v) is 5.90. The summed E-state index contributed by atoms with van der Waals surface area (Å²) in [5, 5.41) is 0. The SMILES string of the molecule is CC[C@@H]1CN(C2CCC23CCN(CC2CCN(C)CC2)CC3)CCO1. The van der Waals surface area contributed by atoms with Gasteiger partial charge in [-0.05, 0) is 89.5 Å². The zero-order chi connectivity index (χ0) is 17.3. The van der Waals surface area contributed by atoms with Crippen LogP contribution in [0.1, 0.15) is 51.9 Å². The Kier molecular flexibility index (Phi) is 5.71. The summed E-state index contributed by atoms with van der Waals surface area (Å²) in [7, 11) is 2.27. The van der Waals surface area contributed by atoms with Crippen molar-refractivity contribution in [1.82, 2.24) is 14.7 Å². The Balaban J connectivity index is 1.26. The molecule has 2 atom stereocenters. The molecule has 3 aliphatic heterocycles. The Hall–Kier alpha value is -0.160. The van der Waals surface area contributed by atoms with Crippen LogP contribution in [0.5, 0.6) is 0 Å². The highest BCUT2D eigenvalue weighted by Crippen LogP contribution is 2.52. The van der Waals surface area contributed by atoms with Crippen LogP contribution in [0.25, 0.3) is 0 Å². The second-order valence-electron chi connectivity index (χ2n) is 9.36. The number of nitrogens with zero attached hydrogens (tertiary/aromatic N) is 3. The van der Waals surface area contributed by atoms with Gasteiger partial charge >= 0.3 is 0 Å². The molecule has 0 aromatic carbocycles. The molecule has 1 spiro atoms. The smallest absolute Gasteiger partial charge is 0.0700 e. The third kappa shape index (κ3) is 3.92. The zero-order valence-electron chi connectivity index (χ0n) is 16.6. The first-order valence-electron chi connectivity index (χ1n) is 10.9. The van der Waals surface area contributed by atoms with Gasteiger partial charge in [-0.2, -0.15) is 0 Å². The lowest BCUT2D eigenvalue weighted by molar-refractivity contribution is -0.119. The number of rotatable bonds is 4. The minimum Gasteiger partial charge on any atom is -0.376 e. The molecule has 0 radical (unpaired) electrons. The average Bonchev–Trinajstić information content (AvgIpc) is 2.64. The normalized spacial score (nSPS) is 35.8. The quantitative estimate of drug-likeness (QED) is 0.777. The maximum atomic E-state index is 5.91. The van der Waals surface area contributed by atoms with Crippen LogP contribution < -0.4 is 0 Å².